The van der Waals surface area contributed by atoms with Gasteiger partial charge < -0.3 is 10.6 Å². The first-order valence-corrected chi connectivity index (χ1v) is 8.88. The summed E-state index contributed by atoms with van der Waals surface area (Å²) in [5, 5.41) is 6.16. The second-order valence-electron chi connectivity index (χ2n) is 3.82. The molecule has 1 amide bonds. The lowest BCUT2D eigenvalue weighted by Crippen LogP contribution is -2.46. The lowest BCUT2D eigenvalue weighted by Gasteiger charge is -2.22. The third-order valence-electron chi connectivity index (χ3n) is 2.49. The molecule has 1 unspecified atom stereocenters. The van der Waals surface area contributed by atoms with Crippen LogP contribution in [0.5, 0.6) is 0 Å². The van der Waals surface area contributed by atoms with Gasteiger partial charge in [-0.15, -0.1) is 0 Å². The van der Waals surface area contributed by atoms with E-state index in [1.807, 2.05) is 12.1 Å². The molecular weight excluding hydrogens is 448 g/mol. The van der Waals surface area contributed by atoms with Crippen LogP contribution in [0.1, 0.15) is 0 Å². The number of nitrogens with one attached hydrogen (secondary N) is 2. The molecule has 1 aliphatic rings. The Kier molecular flexibility index (Phi) is 5.56. The predicted molar refractivity (Wildman–Crippen MR) is 87.3 cm³/mol. The Hall–Kier alpha value is 0.440. The summed E-state index contributed by atoms with van der Waals surface area (Å²) in [5.74, 6) is 1.89. The zero-order chi connectivity index (χ0) is 13.1. The third kappa shape index (κ3) is 3.72. The molecular formula is C11H11Br3N2OS. The second kappa shape index (κ2) is 6.74. The quantitative estimate of drug-likeness (QED) is 0.711. The Balaban J connectivity index is 2.11. The predicted octanol–water partition coefficient (Wildman–Crippen LogP) is 3.62. The first-order valence-electron chi connectivity index (χ1n) is 5.34. The van der Waals surface area contributed by atoms with Crippen molar-refractivity contribution in [3.63, 3.8) is 0 Å². The molecule has 1 aromatic rings. The Morgan fingerprint density at radius 3 is 2.56 bits per heavy atom. The van der Waals surface area contributed by atoms with Gasteiger partial charge in [0.15, 0.2) is 0 Å². The van der Waals surface area contributed by atoms with E-state index in [1.165, 1.54) is 0 Å². The van der Waals surface area contributed by atoms with Crippen LogP contribution in [-0.4, -0.2) is 30.0 Å². The Labute approximate surface area is 135 Å². The highest BCUT2D eigenvalue weighted by atomic mass is 79.9. The number of amides is 1. The molecule has 1 atom stereocenters. The number of rotatable bonds is 2. The Morgan fingerprint density at radius 2 is 2.00 bits per heavy atom. The number of anilines is 1. The van der Waals surface area contributed by atoms with Gasteiger partial charge in [0.05, 0.1) is 11.7 Å². The molecule has 1 aromatic carbocycles. The molecule has 1 aliphatic heterocycles. The highest BCUT2D eigenvalue weighted by Crippen LogP contribution is 2.34. The van der Waals surface area contributed by atoms with E-state index in [0.717, 1.165) is 37.2 Å². The molecule has 2 N–H and O–H groups in total. The number of carbonyl (C=O) groups excluding carboxylic acids is 1. The molecule has 3 nitrogen and oxygen atoms in total. The minimum absolute atomic E-state index is 0.00548. The van der Waals surface area contributed by atoms with Crippen molar-refractivity contribution in [3.05, 3.63) is 25.6 Å². The van der Waals surface area contributed by atoms with Gasteiger partial charge in [-0.05, 0) is 44.0 Å². The molecule has 0 bridgehead atoms. The summed E-state index contributed by atoms with van der Waals surface area (Å²) in [7, 11) is 0. The molecule has 98 valence electrons. The average molecular weight is 459 g/mol. The van der Waals surface area contributed by atoms with E-state index in [0.29, 0.717) is 0 Å². The smallest absolute Gasteiger partial charge is 0.242 e. The van der Waals surface area contributed by atoms with Crippen molar-refractivity contribution in [1.82, 2.24) is 5.32 Å². The Morgan fingerprint density at radius 1 is 1.33 bits per heavy atom. The van der Waals surface area contributed by atoms with Crippen LogP contribution >= 0.6 is 59.6 Å². The van der Waals surface area contributed by atoms with Gasteiger partial charge in [0, 0.05) is 31.5 Å². The van der Waals surface area contributed by atoms with E-state index in [1.54, 1.807) is 11.8 Å². The zero-order valence-corrected chi connectivity index (χ0v) is 14.9. The summed E-state index contributed by atoms with van der Waals surface area (Å²) < 4.78 is 2.65. The van der Waals surface area contributed by atoms with Crippen LogP contribution < -0.4 is 10.6 Å². The minimum atomic E-state index is -0.119. The molecule has 0 spiro atoms. The van der Waals surface area contributed by atoms with Crippen molar-refractivity contribution in [2.75, 3.05) is 23.4 Å². The van der Waals surface area contributed by atoms with Gasteiger partial charge >= 0.3 is 0 Å². The van der Waals surface area contributed by atoms with Crippen LogP contribution in [-0.2, 0) is 4.79 Å². The number of hydrogen-bond donors (Lipinski definition) is 2. The molecule has 1 heterocycles. The van der Waals surface area contributed by atoms with Gasteiger partial charge in [-0.2, -0.15) is 11.8 Å². The fraction of sp³-hybridized carbons (Fsp3) is 0.364. The van der Waals surface area contributed by atoms with Crippen LogP contribution in [0.3, 0.4) is 0 Å². The van der Waals surface area contributed by atoms with Crippen LogP contribution in [0.2, 0.25) is 0 Å². The zero-order valence-electron chi connectivity index (χ0n) is 9.30. The van der Waals surface area contributed by atoms with Crippen LogP contribution in [0.25, 0.3) is 0 Å². The first kappa shape index (κ1) is 14.8. The van der Waals surface area contributed by atoms with Crippen molar-refractivity contribution in [2.24, 2.45) is 0 Å². The maximum absolute atomic E-state index is 12.1. The summed E-state index contributed by atoms with van der Waals surface area (Å²) in [6.07, 6.45) is 0. The molecule has 18 heavy (non-hydrogen) atoms. The summed E-state index contributed by atoms with van der Waals surface area (Å²) in [5.41, 5.74) is 0.764. The highest BCUT2D eigenvalue weighted by molar-refractivity contribution is 9.11. The third-order valence-corrected chi connectivity index (χ3v) is 5.26. The fourth-order valence-corrected chi connectivity index (χ4v) is 5.00. The number of halogens is 3. The van der Waals surface area contributed by atoms with Crippen molar-refractivity contribution >= 4 is 71.1 Å². The van der Waals surface area contributed by atoms with E-state index >= 15 is 0 Å². The minimum Gasteiger partial charge on any atom is -0.323 e. The van der Waals surface area contributed by atoms with Crippen molar-refractivity contribution < 1.29 is 4.79 Å². The molecule has 1 saturated heterocycles. The van der Waals surface area contributed by atoms with Crippen LogP contribution in [0.4, 0.5) is 5.69 Å². The lowest BCUT2D eigenvalue weighted by molar-refractivity contribution is -0.117. The SMILES string of the molecule is O=C(Nc1c(Br)cc(Br)cc1Br)C1CSCCN1. The average Bonchev–Trinajstić information content (AvgIpc) is 2.34. The normalized spacial score (nSPS) is 19.6. The monoisotopic (exact) mass is 456 g/mol. The molecule has 2 rings (SSSR count). The van der Waals surface area contributed by atoms with Crippen LogP contribution in [0, 0.1) is 0 Å². The molecule has 0 radical (unpaired) electrons. The van der Waals surface area contributed by atoms with Gasteiger partial charge in [-0.3, -0.25) is 4.79 Å². The number of hydrogen-bond acceptors (Lipinski definition) is 3. The highest BCUT2D eigenvalue weighted by Gasteiger charge is 2.22. The second-order valence-corrected chi connectivity index (χ2v) is 7.59. The number of carbonyl (C=O) groups is 1. The topological polar surface area (TPSA) is 41.1 Å². The van der Waals surface area contributed by atoms with E-state index in [9.17, 15) is 4.79 Å². The summed E-state index contributed by atoms with van der Waals surface area (Å²) in [6, 6.07) is 3.69. The standard InChI is InChI=1S/C11H11Br3N2OS/c12-6-3-7(13)10(8(14)4-6)16-11(17)9-5-18-2-1-15-9/h3-4,9,15H,1-2,5H2,(H,16,17). The van der Waals surface area contributed by atoms with Gasteiger partial charge in [-0.1, -0.05) is 15.9 Å². The molecule has 7 heteroatoms. The van der Waals surface area contributed by atoms with E-state index in [2.05, 4.69) is 58.4 Å². The van der Waals surface area contributed by atoms with Gasteiger partial charge in [0.1, 0.15) is 0 Å². The number of thioether (sulfide) groups is 1. The van der Waals surface area contributed by atoms with Crippen molar-refractivity contribution in [3.8, 4) is 0 Å². The van der Waals surface area contributed by atoms with E-state index in [-0.39, 0.29) is 11.9 Å². The van der Waals surface area contributed by atoms with Gasteiger partial charge in [-0.25, -0.2) is 0 Å². The lowest BCUT2D eigenvalue weighted by atomic mass is 10.2. The molecule has 0 aromatic heterocycles. The maximum Gasteiger partial charge on any atom is 0.242 e. The Bertz CT molecular complexity index is 441. The van der Waals surface area contributed by atoms with Gasteiger partial charge in [0.25, 0.3) is 0 Å². The summed E-state index contributed by atoms with van der Waals surface area (Å²) in [4.78, 5) is 12.1. The van der Waals surface area contributed by atoms with Crippen molar-refractivity contribution in [2.45, 2.75) is 6.04 Å². The van der Waals surface area contributed by atoms with Crippen molar-refractivity contribution in [1.29, 1.82) is 0 Å². The molecule has 1 fully saturated rings. The maximum atomic E-state index is 12.1. The summed E-state index contributed by atoms with van der Waals surface area (Å²) >= 11 is 12.1. The molecule has 0 aliphatic carbocycles. The van der Waals surface area contributed by atoms with E-state index < -0.39 is 0 Å². The first-order chi connectivity index (χ1) is 8.58. The fourth-order valence-electron chi connectivity index (χ4n) is 1.61. The van der Waals surface area contributed by atoms with Crippen LogP contribution in [0.15, 0.2) is 25.6 Å². The largest absolute Gasteiger partial charge is 0.323 e. The summed E-state index contributed by atoms with van der Waals surface area (Å²) in [6.45, 7) is 0.880. The number of benzene rings is 1. The molecule has 0 saturated carbocycles. The van der Waals surface area contributed by atoms with E-state index in [4.69, 9.17) is 0 Å². The van der Waals surface area contributed by atoms with Gasteiger partial charge in [0.2, 0.25) is 5.91 Å².